The average molecular weight is 286 g/mol. The van der Waals surface area contributed by atoms with Gasteiger partial charge in [-0.15, -0.1) is 0 Å². The summed E-state index contributed by atoms with van der Waals surface area (Å²) < 4.78 is 0. The Bertz CT molecular complexity index is 304. The van der Waals surface area contributed by atoms with Crippen LogP contribution in [0.5, 0.6) is 0 Å². The van der Waals surface area contributed by atoms with Gasteiger partial charge in [0, 0.05) is 13.1 Å². The van der Waals surface area contributed by atoms with Crippen molar-refractivity contribution in [2.24, 2.45) is 17.8 Å². The SMILES string of the molecule is CC(C)CN(CC(C)C)C(C(=O)NCC(=O)O)C(C)C. The van der Waals surface area contributed by atoms with Gasteiger partial charge < -0.3 is 10.4 Å². The second kappa shape index (κ2) is 8.95. The van der Waals surface area contributed by atoms with Gasteiger partial charge in [-0.25, -0.2) is 0 Å². The molecule has 20 heavy (non-hydrogen) atoms. The van der Waals surface area contributed by atoms with Crippen LogP contribution >= 0.6 is 0 Å². The summed E-state index contributed by atoms with van der Waals surface area (Å²) in [4.78, 5) is 25.0. The summed E-state index contributed by atoms with van der Waals surface area (Å²) in [7, 11) is 0. The van der Waals surface area contributed by atoms with E-state index in [1.54, 1.807) is 0 Å². The first-order chi connectivity index (χ1) is 9.15. The van der Waals surface area contributed by atoms with Crippen molar-refractivity contribution >= 4 is 11.9 Å². The van der Waals surface area contributed by atoms with Crippen LogP contribution in [-0.2, 0) is 9.59 Å². The minimum absolute atomic E-state index is 0.140. The van der Waals surface area contributed by atoms with Crippen molar-refractivity contribution in [3.63, 3.8) is 0 Å². The molecule has 0 aliphatic heterocycles. The number of nitrogens with one attached hydrogen (secondary N) is 1. The molecule has 0 aliphatic carbocycles. The molecular weight excluding hydrogens is 256 g/mol. The molecule has 1 unspecified atom stereocenters. The topological polar surface area (TPSA) is 69.6 Å². The molecule has 5 nitrogen and oxygen atoms in total. The number of hydrogen-bond acceptors (Lipinski definition) is 3. The largest absolute Gasteiger partial charge is 0.480 e. The molecule has 0 aromatic heterocycles. The van der Waals surface area contributed by atoms with Crippen molar-refractivity contribution in [1.82, 2.24) is 10.2 Å². The van der Waals surface area contributed by atoms with Gasteiger partial charge in [-0.1, -0.05) is 41.5 Å². The van der Waals surface area contributed by atoms with Crippen molar-refractivity contribution in [2.45, 2.75) is 47.6 Å². The van der Waals surface area contributed by atoms with Crippen LogP contribution in [0.1, 0.15) is 41.5 Å². The maximum Gasteiger partial charge on any atom is 0.322 e. The van der Waals surface area contributed by atoms with Crippen LogP contribution in [0.3, 0.4) is 0 Å². The highest BCUT2D eigenvalue weighted by Gasteiger charge is 2.29. The molecule has 0 aromatic rings. The fourth-order valence-corrected chi connectivity index (χ4v) is 2.40. The van der Waals surface area contributed by atoms with Gasteiger partial charge in [0.25, 0.3) is 0 Å². The Balaban J connectivity index is 4.95. The first kappa shape index (κ1) is 18.9. The highest BCUT2D eigenvalue weighted by atomic mass is 16.4. The minimum Gasteiger partial charge on any atom is -0.480 e. The fourth-order valence-electron chi connectivity index (χ4n) is 2.40. The number of rotatable bonds is 9. The Kier molecular flexibility index (Phi) is 8.46. The summed E-state index contributed by atoms with van der Waals surface area (Å²) in [5, 5.41) is 11.2. The maximum absolute atomic E-state index is 12.3. The maximum atomic E-state index is 12.3. The molecule has 1 amide bonds. The fraction of sp³-hybridized carbons (Fsp3) is 0.867. The summed E-state index contributed by atoms with van der Waals surface area (Å²) in [6.45, 7) is 13.8. The van der Waals surface area contributed by atoms with Crippen molar-refractivity contribution < 1.29 is 14.7 Å². The lowest BCUT2D eigenvalue weighted by atomic mass is 9.98. The third-order valence-electron chi connectivity index (χ3n) is 2.91. The zero-order valence-corrected chi connectivity index (χ0v) is 13.6. The lowest BCUT2D eigenvalue weighted by molar-refractivity contribution is -0.139. The number of nitrogens with zero attached hydrogens (tertiary/aromatic N) is 1. The summed E-state index contributed by atoms with van der Waals surface area (Å²) in [6.07, 6.45) is 0. The normalized spacial score (nSPS) is 13.3. The van der Waals surface area contributed by atoms with Crippen molar-refractivity contribution in [1.29, 1.82) is 0 Å². The monoisotopic (exact) mass is 286 g/mol. The quantitative estimate of drug-likeness (QED) is 0.678. The molecule has 0 saturated heterocycles. The average Bonchev–Trinajstić information content (AvgIpc) is 2.23. The van der Waals surface area contributed by atoms with Crippen LogP contribution in [0.25, 0.3) is 0 Å². The van der Waals surface area contributed by atoms with E-state index in [2.05, 4.69) is 37.9 Å². The zero-order valence-electron chi connectivity index (χ0n) is 13.6. The Morgan fingerprint density at radius 3 is 1.75 bits per heavy atom. The Morgan fingerprint density at radius 2 is 1.45 bits per heavy atom. The molecule has 0 fully saturated rings. The number of amides is 1. The van der Waals surface area contributed by atoms with Gasteiger partial charge in [0.2, 0.25) is 5.91 Å². The highest BCUT2D eigenvalue weighted by molar-refractivity contribution is 5.85. The molecule has 0 aliphatic rings. The smallest absolute Gasteiger partial charge is 0.322 e. The van der Waals surface area contributed by atoms with Gasteiger partial charge in [0.15, 0.2) is 0 Å². The van der Waals surface area contributed by atoms with Gasteiger partial charge >= 0.3 is 5.97 Å². The summed E-state index contributed by atoms with van der Waals surface area (Å²) in [6, 6.07) is -0.279. The summed E-state index contributed by atoms with van der Waals surface area (Å²) in [5.74, 6) is -0.144. The van der Waals surface area contributed by atoms with Crippen molar-refractivity contribution in [2.75, 3.05) is 19.6 Å². The predicted octanol–water partition coefficient (Wildman–Crippen LogP) is 1.83. The number of carboxylic acids is 1. The van der Waals surface area contributed by atoms with E-state index < -0.39 is 5.97 Å². The van der Waals surface area contributed by atoms with Gasteiger partial charge in [0.05, 0.1) is 6.04 Å². The molecule has 5 heteroatoms. The third kappa shape index (κ3) is 7.48. The van der Waals surface area contributed by atoms with Crippen LogP contribution in [0.15, 0.2) is 0 Å². The molecule has 0 rings (SSSR count). The molecule has 0 spiro atoms. The first-order valence-electron chi connectivity index (χ1n) is 7.38. The van der Waals surface area contributed by atoms with Crippen LogP contribution in [0.2, 0.25) is 0 Å². The standard InChI is InChI=1S/C15H30N2O3/c1-10(2)8-17(9-11(3)4)14(12(5)6)15(20)16-7-13(18)19/h10-12,14H,7-9H2,1-6H3,(H,16,20)(H,18,19). The van der Waals surface area contributed by atoms with E-state index in [1.165, 1.54) is 0 Å². The van der Waals surface area contributed by atoms with E-state index in [0.717, 1.165) is 13.1 Å². The molecular formula is C15H30N2O3. The second-order valence-electron chi connectivity index (χ2n) is 6.54. The van der Waals surface area contributed by atoms with Crippen LogP contribution in [-0.4, -0.2) is 47.6 Å². The highest BCUT2D eigenvalue weighted by Crippen LogP contribution is 2.15. The number of carboxylic acid groups (broad SMARTS) is 1. The molecule has 0 heterocycles. The van der Waals surface area contributed by atoms with E-state index in [4.69, 9.17) is 5.11 Å². The van der Waals surface area contributed by atoms with Crippen LogP contribution in [0, 0.1) is 17.8 Å². The Labute approximate surface area is 122 Å². The molecule has 0 aromatic carbocycles. The van der Waals surface area contributed by atoms with E-state index in [0.29, 0.717) is 11.8 Å². The van der Waals surface area contributed by atoms with Gasteiger partial charge in [-0.3, -0.25) is 14.5 Å². The summed E-state index contributed by atoms with van der Waals surface area (Å²) in [5.41, 5.74) is 0. The summed E-state index contributed by atoms with van der Waals surface area (Å²) >= 11 is 0. The van der Waals surface area contributed by atoms with Crippen molar-refractivity contribution in [3.05, 3.63) is 0 Å². The number of aliphatic carboxylic acids is 1. The lowest BCUT2D eigenvalue weighted by Gasteiger charge is -2.35. The van der Waals surface area contributed by atoms with E-state index in [-0.39, 0.29) is 24.4 Å². The molecule has 118 valence electrons. The number of carbonyl (C=O) groups is 2. The second-order valence-corrected chi connectivity index (χ2v) is 6.54. The zero-order chi connectivity index (χ0) is 15.9. The third-order valence-corrected chi connectivity index (χ3v) is 2.91. The van der Waals surface area contributed by atoms with Gasteiger partial charge in [-0.05, 0) is 17.8 Å². The van der Waals surface area contributed by atoms with E-state index in [1.807, 2.05) is 13.8 Å². The predicted molar refractivity (Wildman–Crippen MR) is 80.5 cm³/mol. The molecule has 0 radical (unpaired) electrons. The minimum atomic E-state index is -1.01. The molecule has 2 N–H and O–H groups in total. The Hall–Kier alpha value is -1.10. The molecule has 0 bridgehead atoms. The van der Waals surface area contributed by atoms with E-state index in [9.17, 15) is 9.59 Å². The van der Waals surface area contributed by atoms with E-state index >= 15 is 0 Å². The van der Waals surface area contributed by atoms with Crippen LogP contribution in [0.4, 0.5) is 0 Å². The molecule has 1 atom stereocenters. The first-order valence-corrected chi connectivity index (χ1v) is 7.38. The van der Waals surface area contributed by atoms with Gasteiger partial charge in [-0.2, -0.15) is 0 Å². The Morgan fingerprint density at radius 1 is 1.00 bits per heavy atom. The van der Waals surface area contributed by atoms with Crippen LogP contribution < -0.4 is 5.32 Å². The van der Waals surface area contributed by atoms with Crippen molar-refractivity contribution in [3.8, 4) is 0 Å². The number of carbonyl (C=O) groups excluding carboxylic acids is 1. The number of hydrogen-bond donors (Lipinski definition) is 2. The molecule has 0 saturated carbocycles. The van der Waals surface area contributed by atoms with Gasteiger partial charge in [0.1, 0.15) is 6.54 Å². The lowest BCUT2D eigenvalue weighted by Crippen LogP contribution is -2.52.